The molecule has 6 heteroatoms. The molecule has 116 valence electrons. The molecule has 0 atom stereocenters. The molecule has 0 fully saturated rings. The third-order valence-electron chi connectivity index (χ3n) is 2.72. The molecule has 0 spiro atoms. The molecule has 0 bridgehead atoms. The lowest BCUT2D eigenvalue weighted by Crippen LogP contribution is -2.19. The Balaban J connectivity index is 2.90. The van der Waals surface area contributed by atoms with E-state index in [-0.39, 0.29) is 11.8 Å². The lowest BCUT2D eigenvalue weighted by Gasteiger charge is -2.13. The molecule has 6 nitrogen and oxygen atoms in total. The van der Waals surface area contributed by atoms with E-state index in [9.17, 15) is 4.79 Å². The van der Waals surface area contributed by atoms with E-state index in [0.29, 0.717) is 29.2 Å². The SMILES string of the molecule is COc1ccc(/C=N\NC(=O)CC(C)C)c(OC)c1OC. The molecule has 0 aliphatic rings. The van der Waals surface area contributed by atoms with Crippen molar-refractivity contribution in [2.45, 2.75) is 20.3 Å². The van der Waals surface area contributed by atoms with Gasteiger partial charge in [-0.15, -0.1) is 0 Å². The highest BCUT2D eigenvalue weighted by atomic mass is 16.5. The molecule has 1 N–H and O–H groups in total. The highest BCUT2D eigenvalue weighted by Crippen LogP contribution is 2.38. The van der Waals surface area contributed by atoms with Gasteiger partial charge in [-0.1, -0.05) is 13.8 Å². The van der Waals surface area contributed by atoms with Gasteiger partial charge in [0.1, 0.15) is 0 Å². The van der Waals surface area contributed by atoms with Crippen molar-refractivity contribution in [3.05, 3.63) is 17.7 Å². The van der Waals surface area contributed by atoms with Crippen molar-refractivity contribution in [3.63, 3.8) is 0 Å². The molecule has 0 saturated carbocycles. The Morgan fingerprint density at radius 3 is 2.38 bits per heavy atom. The lowest BCUT2D eigenvalue weighted by atomic mass is 10.1. The predicted octanol–water partition coefficient (Wildman–Crippen LogP) is 2.21. The average Bonchev–Trinajstić information content (AvgIpc) is 2.45. The summed E-state index contributed by atoms with van der Waals surface area (Å²) in [6.07, 6.45) is 1.94. The van der Waals surface area contributed by atoms with Gasteiger partial charge in [0, 0.05) is 12.0 Å². The van der Waals surface area contributed by atoms with Crippen LogP contribution in [0, 0.1) is 5.92 Å². The van der Waals surface area contributed by atoms with Crippen molar-refractivity contribution in [3.8, 4) is 17.2 Å². The summed E-state index contributed by atoms with van der Waals surface area (Å²) in [4.78, 5) is 11.5. The number of carbonyl (C=O) groups excluding carboxylic acids is 1. The second-order valence-electron chi connectivity index (χ2n) is 4.81. The molecule has 0 unspecified atom stereocenters. The van der Waals surface area contributed by atoms with Gasteiger partial charge in [-0.2, -0.15) is 5.10 Å². The molecule has 1 amide bonds. The summed E-state index contributed by atoms with van der Waals surface area (Å²) in [5.41, 5.74) is 3.16. The van der Waals surface area contributed by atoms with Crippen molar-refractivity contribution >= 4 is 12.1 Å². The standard InChI is InChI=1S/C15H22N2O4/c1-10(2)8-13(18)17-16-9-11-6-7-12(19-3)15(21-5)14(11)20-4/h6-7,9-10H,8H2,1-5H3,(H,17,18)/b16-9-. The monoisotopic (exact) mass is 294 g/mol. The Labute approximate surface area is 125 Å². The minimum Gasteiger partial charge on any atom is -0.493 e. The second kappa shape index (κ2) is 8.14. The first kappa shape index (κ1) is 16.8. The van der Waals surface area contributed by atoms with E-state index in [0.717, 1.165) is 0 Å². The van der Waals surface area contributed by atoms with Gasteiger partial charge < -0.3 is 14.2 Å². The third-order valence-corrected chi connectivity index (χ3v) is 2.72. The number of nitrogens with zero attached hydrogens (tertiary/aromatic N) is 1. The van der Waals surface area contributed by atoms with E-state index < -0.39 is 0 Å². The minimum atomic E-state index is -0.124. The predicted molar refractivity (Wildman–Crippen MR) is 81.3 cm³/mol. The maximum Gasteiger partial charge on any atom is 0.240 e. The zero-order chi connectivity index (χ0) is 15.8. The molecule has 1 rings (SSSR count). The molecule has 0 radical (unpaired) electrons. The van der Waals surface area contributed by atoms with Crippen molar-refractivity contribution in [1.82, 2.24) is 5.43 Å². The Kier molecular flexibility index (Phi) is 6.52. The van der Waals surface area contributed by atoms with Crippen LogP contribution in [0.15, 0.2) is 17.2 Å². The average molecular weight is 294 g/mol. The first-order chi connectivity index (χ1) is 10.0. The molecule has 21 heavy (non-hydrogen) atoms. The van der Waals surface area contributed by atoms with Gasteiger partial charge in [0.15, 0.2) is 11.5 Å². The van der Waals surface area contributed by atoms with Crippen LogP contribution in [0.5, 0.6) is 17.2 Å². The third kappa shape index (κ3) is 4.66. The summed E-state index contributed by atoms with van der Waals surface area (Å²) in [6.45, 7) is 3.95. The molecule has 0 aliphatic heterocycles. The van der Waals surface area contributed by atoms with E-state index >= 15 is 0 Å². The first-order valence-electron chi connectivity index (χ1n) is 6.64. The number of ether oxygens (including phenoxy) is 3. The van der Waals surface area contributed by atoms with E-state index in [4.69, 9.17) is 14.2 Å². The van der Waals surface area contributed by atoms with Gasteiger partial charge in [-0.05, 0) is 18.1 Å². The summed E-state index contributed by atoms with van der Waals surface area (Å²) < 4.78 is 15.8. The summed E-state index contributed by atoms with van der Waals surface area (Å²) in [7, 11) is 4.62. The van der Waals surface area contributed by atoms with Gasteiger partial charge in [0.25, 0.3) is 0 Å². The van der Waals surface area contributed by atoms with E-state index in [1.807, 2.05) is 13.8 Å². The minimum absolute atomic E-state index is 0.124. The van der Waals surface area contributed by atoms with Crippen molar-refractivity contribution in [2.75, 3.05) is 21.3 Å². The molecular formula is C15H22N2O4. The van der Waals surface area contributed by atoms with Crippen LogP contribution in [-0.2, 0) is 4.79 Å². The lowest BCUT2D eigenvalue weighted by molar-refractivity contribution is -0.121. The number of hydrogen-bond acceptors (Lipinski definition) is 5. The maximum absolute atomic E-state index is 11.5. The molecule has 0 saturated heterocycles. The topological polar surface area (TPSA) is 69.2 Å². The van der Waals surface area contributed by atoms with E-state index in [1.54, 1.807) is 19.2 Å². The second-order valence-corrected chi connectivity index (χ2v) is 4.81. The van der Waals surface area contributed by atoms with Gasteiger partial charge in [0.2, 0.25) is 11.7 Å². The first-order valence-corrected chi connectivity index (χ1v) is 6.64. The highest BCUT2D eigenvalue weighted by molar-refractivity contribution is 5.87. The number of hydrogen-bond donors (Lipinski definition) is 1. The van der Waals surface area contributed by atoms with Gasteiger partial charge in [-0.3, -0.25) is 4.79 Å². The normalized spacial score (nSPS) is 10.8. The highest BCUT2D eigenvalue weighted by Gasteiger charge is 2.14. The van der Waals surface area contributed by atoms with Crippen LogP contribution >= 0.6 is 0 Å². The zero-order valence-corrected chi connectivity index (χ0v) is 13.1. The quantitative estimate of drug-likeness (QED) is 0.618. The fraction of sp³-hybridized carbons (Fsp3) is 0.467. The van der Waals surface area contributed by atoms with Gasteiger partial charge in [-0.25, -0.2) is 5.43 Å². The van der Waals surface area contributed by atoms with Gasteiger partial charge in [0.05, 0.1) is 27.5 Å². The van der Waals surface area contributed by atoms with Crippen molar-refractivity contribution in [1.29, 1.82) is 0 Å². The summed E-state index contributed by atoms with van der Waals surface area (Å²) in [6, 6.07) is 3.52. The molecule has 1 aromatic rings. The number of methoxy groups -OCH3 is 3. The van der Waals surface area contributed by atoms with E-state index in [2.05, 4.69) is 10.5 Å². The van der Waals surface area contributed by atoms with Crippen LogP contribution in [0.2, 0.25) is 0 Å². The van der Waals surface area contributed by atoms with Crippen LogP contribution in [0.3, 0.4) is 0 Å². The molecular weight excluding hydrogens is 272 g/mol. The number of nitrogens with one attached hydrogen (secondary N) is 1. The molecule has 1 aromatic carbocycles. The smallest absolute Gasteiger partial charge is 0.240 e. The van der Waals surface area contributed by atoms with Crippen LogP contribution < -0.4 is 19.6 Å². The van der Waals surface area contributed by atoms with Crippen LogP contribution in [0.4, 0.5) is 0 Å². The summed E-state index contributed by atoms with van der Waals surface area (Å²) in [5, 5.41) is 3.93. The molecule has 0 heterocycles. The number of amides is 1. The zero-order valence-electron chi connectivity index (χ0n) is 13.1. The maximum atomic E-state index is 11.5. The Morgan fingerprint density at radius 1 is 1.19 bits per heavy atom. The fourth-order valence-corrected chi connectivity index (χ4v) is 1.82. The van der Waals surface area contributed by atoms with Gasteiger partial charge >= 0.3 is 0 Å². The number of rotatable bonds is 7. The number of carbonyl (C=O) groups is 1. The summed E-state index contributed by atoms with van der Waals surface area (Å²) in [5.74, 6) is 1.71. The Morgan fingerprint density at radius 2 is 1.86 bits per heavy atom. The fourth-order valence-electron chi connectivity index (χ4n) is 1.82. The number of benzene rings is 1. The Bertz CT molecular complexity index is 513. The van der Waals surface area contributed by atoms with Crippen LogP contribution in [-0.4, -0.2) is 33.5 Å². The van der Waals surface area contributed by atoms with Crippen LogP contribution in [0.25, 0.3) is 0 Å². The molecule has 0 aromatic heterocycles. The molecule has 0 aliphatic carbocycles. The number of hydrazone groups is 1. The van der Waals surface area contributed by atoms with Crippen molar-refractivity contribution in [2.24, 2.45) is 11.0 Å². The van der Waals surface area contributed by atoms with E-state index in [1.165, 1.54) is 20.4 Å². The Hall–Kier alpha value is -2.24. The van der Waals surface area contributed by atoms with Crippen LogP contribution in [0.1, 0.15) is 25.8 Å². The van der Waals surface area contributed by atoms with Crippen molar-refractivity contribution < 1.29 is 19.0 Å². The largest absolute Gasteiger partial charge is 0.493 e. The summed E-state index contributed by atoms with van der Waals surface area (Å²) >= 11 is 0.